The van der Waals surface area contributed by atoms with Crippen molar-refractivity contribution in [2.24, 2.45) is 0 Å². The molecule has 1 fully saturated rings. The predicted molar refractivity (Wildman–Crippen MR) is 109 cm³/mol. The molecule has 0 radical (unpaired) electrons. The summed E-state index contributed by atoms with van der Waals surface area (Å²) in [6, 6.07) is 10.8. The van der Waals surface area contributed by atoms with E-state index in [2.05, 4.69) is 5.32 Å². The molecule has 0 aromatic heterocycles. The van der Waals surface area contributed by atoms with Crippen molar-refractivity contribution >= 4 is 50.9 Å². The number of carboxylic acids is 1. The second-order valence-corrected chi connectivity index (χ2v) is 10.7. The molecule has 3 rings (SSSR count). The third-order valence-corrected chi connectivity index (χ3v) is 8.10. The van der Waals surface area contributed by atoms with Crippen molar-refractivity contribution in [2.75, 3.05) is 23.1 Å². The van der Waals surface area contributed by atoms with Crippen LogP contribution >= 0.6 is 23.5 Å². The van der Waals surface area contributed by atoms with Crippen molar-refractivity contribution < 1.29 is 23.1 Å². The third-order valence-electron chi connectivity index (χ3n) is 3.91. The molecule has 0 bridgehead atoms. The predicted octanol–water partition coefficient (Wildman–Crippen LogP) is 3.52. The van der Waals surface area contributed by atoms with Gasteiger partial charge in [0, 0.05) is 29.0 Å². The summed E-state index contributed by atoms with van der Waals surface area (Å²) in [6.45, 7) is 0. The molecule has 6 nitrogen and oxygen atoms in total. The number of rotatable bonds is 5. The van der Waals surface area contributed by atoms with Gasteiger partial charge in [0.05, 0.1) is 15.0 Å². The Balaban J connectivity index is 1.82. The van der Waals surface area contributed by atoms with Gasteiger partial charge in [-0.25, -0.2) is 13.2 Å². The fraction of sp³-hybridized carbons (Fsp3) is 0.222. The molecule has 1 aliphatic rings. The standard InChI is InChI=1S/C18H17NO5S3/c1-27(23,24)15-9-13(17(21)22)8-14(10-15)19-16(20)11-2-4-12(5-3-11)18-25-6-7-26-18/h2-5,8-10,18H,6-7H2,1H3,(H,19,20)(H,21,22). The topological polar surface area (TPSA) is 101 Å². The minimum atomic E-state index is -3.62. The van der Waals surface area contributed by atoms with E-state index in [9.17, 15) is 23.1 Å². The zero-order chi connectivity index (χ0) is 19.6. The van der Waals surface area contributed by atoms with Crippen LogP contribution in [0, 0.1) is 0 Å². The summed E-state index contributed by atoms with van der Waals surface area (Å²) >= 11 is 3.74. The monoisotopic (exact) mass is 423 g/mol. The Labute approximate surface area is 165 Å². The Morgan fingerprint density at radius 3 is 2.22 bits per heavy atom. The molecule has 9 heteroatoms. The van der Waals surface area contributed by atoms with Crippen LogP contribution in [-0.2, 0) is 9.84 Å². The Bertz CT molecular complexity index is 981. The molecule has 1 amide bonds. The number of benzene rings is 2. The number of carboxylic acid groups (broad SMARTS) is 1. The number of hydrogen-bond donors (Lipinski definition) is 2. The van der Waals surface area contributed by atoms with Crippen molar-refractivity contribution in [2.45, 2.75) is 9.48 Å². The number of sulfone groups is 1. The molecule has 0 atom stereocenters. The van der Waals surface area contributed by atoms with Gasteiger partial charge in [0.25, 0.3) is 5.91 Å². The summed E-state index contributed by atoms with van der Waals surface area (Å²) in [5, 5.41) is 11.8. The minimum absolute atomic E-state index is 0.117. The Kier molecular flexibility index (Phi) is 5.83. The smallest absolute Gasteiger partial charge is 0.335 e. The molecule has 0 aliphatic carbocycles. The highest BCUT2D eigenvalue weighted by atomic mass is 32.2. The van der Waals surface area contributed by atoms with E-state index in [1.807, 2.05) is 35.7 Å². The first-order valence-corrected chi connectivity index (χ1v) is 12.0. The van der Waals surface area contributed by atoms with E-state index in [4.69, 9.17) is 0 Å². The van der Waals surface area contributed by atoms with E-state index >= 15 is 0 Å². The normalized spacial score (nSPS) is 14.9. The first-order chi connectivity index (χ1) is 12.7. The fourth-order valence-electron chi connectivity index (χ4n) is 2.55. The number of aromatic carboxylic acids is 1. The maximum atomic E-state index is 12.5. The molecular formula is C18H17NO5S3. The molecule has 0 unspecified atom stereocenters. The van der Waals surface area contributed by atoms with Crippen LogP contribution in [0.5, 0.6) is 0 Å². The number of carbonyl (C=O) groups is 2. The van der Waals surface area contributed by atoms with Crippen LogP contribution in [0.3, 0.4) is 0 Å². The average molecular weight is 424 g/mol. The largest absolute Gasteiger partial charge is 0.478 e. The van der Waals surface area contributed by atoms with Crippen LogP contribution < -0.4 is 5.32 Å². The lowest BCUT2D eigenvalue weighted by molar-refractivity contribution is 0.0696. The van der Waals surface area contributed by atoms with Gasteiger partial charge in [-0.2, -0.15) is 0 Å². The average Bonchev–Trinajstić information content (AvgIpc) is 3.15. The Hall–Kier alpha value is -1.97. The molecular weight excluding hydrogens is 406 g/mol. The van der Waals surface area contributed by atoms with E-state index < -0.39 is 21.7 Å². The number of hydrogen-bond acceptors (Lipinski definition) is 6. The molecule has 2 aromatic carbocycles. The lowest BCUT2D eigenvalue weighted by Gasteiger charge is -2.11. The fourth-order valence-corrected chi connectivity index (χ4v) is 6.10. The second kappa shape index (κ2) is 7.95. The van der Waals surface area contributed by atoms with Gasteiger partial charge in [-0.05, 0) is 35.9 Å². The van der Waals surface area contributed by atoms with E-state index in [1.165, 1.54) is 12.1 Å². The van der Waals surface area contributed by atoms with Gasteiger partial charge < -0.3 is 10.4 Å². The highest BCUT2D eigenvalue weighted by Crippen LogP contribution is 2.45. The van der Waals surface area contributed by atoms with Crippen LogP contribution in [-0.4, -0.2) is 43.2 Å². The summed E-state index contributed by atoms with van der Waals surface area (Å²) in [4.78, 5) is 23.5. The van der Waals surface area contributed by atoms with E-state index in [-0.39, 0.29) is 16.1 Å². The summed E-state index contributed by atoms with van der Waals surface area (Å²) in [5.74, 6) is 0.516. The van der Waals surface area contributed by atoms with Gasteiger partial charge in [-0.15, -0.1) is 23.5 Å². The number of anilines is 1. The van der Waals surface area contributed by atoms with Gasteiger partial charge in [-0.3, -0.25) is 4.79 Å². The number of thioether (sulfide) groups is 2. The van der Waals surface area contributed by atoms with Crippen LogP contribution in [0.15, 0.2) is 47.4 Å². The van der Waals surface area contributed by atoms with Crippen LogP contribution in [0.4, 0.5) is 5.69 Å². The molecule has 142 valence electrons. The summed E-state index contributed by atoms with van der Waals surface area (Å²) in [6.07, 6.45) is 0.983. The summed E-state index contributed by atoms with van der Waals surface area (Å²) in [7, 11) is -3.62. The quantitative estimate of drug-likeness (QED) is 0.759. The second-order valence-electron chi connectivity index (χ2n) is 5.97. The minimum Gasteiger partial charge on any atom is -0.478 e. The van der Waals surface area contributed by atoms with Crippen molar-refractivity contribution in [3.63, 3.8) is 0 Å². The van der Waals surface area contributed by atoms with Gasteiger partial charge in [0.1, 0.15) is 0 Å². The van der Waals surface area contributed by atoms with Crippen LogP contribution in [0.2, 0.25) is 0 Å². The lowest BCUT2D eigenvalue weighted by atomic mass is 10.1. The molecule has 27 heavy (non-hydrogen) atoms. The molecule has 2 N–H and O–H groups in total. The Morgan fingerprint density at radius 2 is 1.67 bits per heavy atom. The maximum Gasteiger partial charge on any atom is 0.335 e. The SMILES string of the molecule is CS(=O)(=O)c1cc(NC(=O)c2ccc(C3SCCS3)cc2)cc(C(=O)O)c1. The van der Waals surface area contributed by atoms with Gasteiger partial charge in [-0.1, -0.05) is 12.1 Å². The number of amides is 1. The zero-order valence-corrected chi connectivity index (χ0v) is 16.8. The Morgan fingerprint density at radius 1 is 1.04 bits per heavy atom. The molecule has 1 saturated heterocycles. The van der Waals surface area contributed by atoms with E-state index in [0.717, 1.165) is 29.4 Å². The lowest BCUT2D eigenvalue weighted by Crippen LogP contribution is -2.13. The van der Waals surface area contributed by atoms with Crippen molar-refractivity contribution in [3.05, 3.63) is 59.2 Å². The third kappa shape index (κ3) is 4.85. The summed E-state index contributed by atoms with van der Waals surface area (Å²) < 4.78 is 23.9. The zero-order valence-electron chi connectivity index (χ0n) is 14.3. The maximum absolute atomic E-state index is 12.5. The molecule has 0 saturated carbocycles. The molecule has 1 heterocycles. The highest BCUT2D eigenvalue weighted by Gasteiger charge is 2.19. The van der Waals surface area contributed by atoms with Crippen molar-refractivity contribution in [1.29, 1.82) is 0 Å². The van der Waals surface area contributed by atoms with Gasteiger partial charge in [0.2, 0.25) is 0 Å². The van der Waals surface area contributed by atoms with Gasteiger partial charge >= 0.3 is 5.97 Å². The van der Waals surface area contributed by atoms with Crippen LogP contribution in [0.1, 0.15) is 30.9 Å². The molecule has 1 aliphatic heterocycles. The first kappa shape index (κ1) is 19.8. The van der Waals surface area contributed by atoms with Crippen molar-refractivity contribution in [1.82, 2.24) is 0 Å². The molecule has 2 aromatic rings. The number of carbonyl (C=O) groups excluding carboxylic acids is 1. The first-order valence-electron chi connectivity index (χ1n) is 7.97. The summed E-state index contributed by atoms with van der Waals surface area (Å²) in [5.41, 5.74) is 1.46. The van der Waals surface area contributed by atoms with E-state index in [1.54, 1.807) is 12.1 Å². The van der Waals surface area contributed by atoms with E-state index in [0.29, 0.717) is 10.1 Å². The number of nitrogens with one attached hydrogen (secondary N) is 1. The highest BCUT2D eigenvalue weighted by molar-refractivity contribution is 8.19. The van der Waals surface area contributed by atoms with Crippen LogP contribution in [0.25, 0.3) is 0 Å². The van der Waals surface area contributed by atoms with Gasteiger partial charge in [0.15, 0.2) is 9.84 Å². The molecule has 0 spiro atoms. The van der Waals surface area contributed by atoms with Crippen molar-refractivity contribution in [3.8, 4) is 0 Å².